The Morgan fingerprint density at radius 2 is 1.87 bits per heavy atom. The summed E-state index contributed by atoms with van der Waals surface area (Å²) in [5, 5.41) is 3.05. The van der Waals surface area contributed by atoms with Crippen LogP contribution >= 0.6 is 11.8 Å². The number of aromatic nitrogens is 2. The zero-order valence-electron chi connectivity index (χ0n) is 16.9. The molecule has 0 aliphatic heterocycles. The van der Waals surface area contributed by atoms with Gasteiger partial charge in [-0.25, -0.2) is 9.78 Å². The van der Waals surface area contributed by atoms with E-state index in [9.17, 15) is 14.4 Å². The zero-order chi connectivity index (χ0) is 21.7. The lowest BCUT2D eigenvalue weighted by Crippen LogP contribution is -2.35. The topological polar surface area (TPSA) is 107 Å². The van der Waals surface area contributed by atoms with Crippen LogP contribution in [0, 0.1) is 0 Å². The second-order valence-electron chi connectivity index (χ2n) is 6.96. The minimum absolute atomic E-state index is 0.0727. The van der Waals surface area contributed by atoms with Gasteiger partial charge in [0.25, 0.3) is 5.56 Å². The Labute approximate surface area is 178 Å². The molecule has 3 rings (SSSR count). The zero-order valence-corrected chi connectivity index (χ0v) is 17.7. The van der Waals surface area contributed by atoms with Gasteiger partial charge in [-0.1, -0.05) is 49.9 Å². The lowest BCUT2D eigenvalue weighted by atomic mass is 9.98. The van der Waals surface area contributed by atoms with Crippen LogP contribution in [0.5, 0.6) is 0 Å². The maximum atomic E-state index is 13.2. The first-order valence-corrected chi connectivity index (χ1v) is 10.7. The Kier molecular flexibility index (Phi) is 6.89. The van der Waals surface area contributed by atoms with E-state index < -0.39 is 11.9 Å². The molecule has 0 fully saturated rings. The van der Waals surface area contributed by atoms with E-state index in [0.717, 1.165) is 12.1 Å². The van der Waals surface area contributed by atoms with E-state index in [1.54, 1.807) is 16.7 Å². The highest BCUT2D eigenvalue weighted by Crippen LogP contribution is 2.24. The molecule has 2 aromatic carbocycles. The molecule has 3 N–H and O–H groups in total. The van der Waals surface area contributed by atoms with E-state index in [-0.39, 0.29) is 12.0 Å². The number of hydrogen-bond acceptors (Lipinski definition) is 5. The molecule has 0 saturated heterocycles. The van der Waals surface area contributed by atoms with E-state index in [1.165, 1.54) is 17.3 Å². The molecule has 0 radical (unpaired) electrons. The van der Waals surface area contributed by atoms with Crippen molar-refractivity contribution in [3.05, 3.63) is 64.4 Å². The van der Waals surface area contributed by atoms with Gasteiger partial charge in [-0.3, -0.25) is 19.5 Å². The third-order valence-corrected chi connectivity index (χ3v) is 5.84. The van der Waals surface area contributed by atoms with Gasteiger partial charge in [0.05, 0.1) is 16.6 Å². The summed E-state index contributed by atoms with van der Waals surface area (Å²) < 4.78 is 1.57. The number of carbonyl (C=O) groups excluding carboxylic acids is 2. The van der Waals surface area contributed by atoms with Crippen molar-refractivity contribution in [3.8, 4) is 5.69 Å². The molecule has 156 valence electrons. The third kappa shape index (κ3) is 4.88. The van der Waals surface area contributed by atoms with Crippen LogP contribution in [0.4, 0.5) is 4.79 Å². The number of para-hydroxylation sites is 1. The van der Waals surface area contributed by atoms with Crippen molar-refractivity contribution in [2.24, 2.45) is 5.73 Å². The van der Waals surface area contributed by atoms with Crippen molar-refractivity contribution in [1.82, 2.24) is 14.9 Å². The van der Waals surface area contributed by atoms with Crippen LogP contribution < -0.4 is 16.6 Å². The van der Waals surface area contributed by atoms with Crippen molar-refractivity contribution in [2.75, 3.05) is 5.75 Å². The SMILES string of the molecule is CCC(C)c1ccc(-n2c(SCCC(=O)NC(N)=O)nc3ccccc3c2=O)cc1. The molecule has 0 aliphatic carbocycles. The van der Waals surface area contributed by atoms with Crippen molar-refractivity contribution in [3.63, 3.8) is 0 Å². The molecule has 0 aliphatic rings. The minimum Gasteiger partial charge on any atom is -0.351 e. The van der Waals surface area contributed by atoms with E-state index >= 15 is 0 Å². The summed E-state index contributed by atoms with van der Waals surface area (Å²) in [6.07, 6.45) is 1.11. The second-order valence-corrected chi connectivity index (χ2v) is 8.03. The lowest BCUT2D eigenvalue weighted by Gasteiger charge is -2.15. The van der Waals surface area contributed by atoms with Crippen LogP contribution in [0.1, 0.15) is 38.2 Å². The molecule has 0 spiro atoms. The van der Waals surface area contributed by atoms with Crippen molar-refractivity contribution in [2.45, 2.75) is 37.8 Å². The summed E-state index contributed by atoms with van der Waals surface area (Å²) in [4.78, 5) is 40.4. The number of imide groups is 1. The first kappa shape index (κ1) is 21.6. The van der Waals surface area contributed by atoms with Gasteiger partial charge in [0.15, 0.2) is 5.16 Å². The number of primary amides is 1. The standard InChI is InChI=1S/C22H24N4O3S/c1-3-14(2)15-8-10-16(11-9-15)26-20(28)17-6-4-5-7-18(17)24-22(26)30-13-12-19(27)25-21(23)29/h4-11,14H,3,12-13H2,1-2H3,(H3,23,25,27,29). The predicted molar refractivity (Wildman–Crippen MR) is 119 cm³/mol. The molecule has 1 atom stereocenters. The molecule has 1 heterocycles. The highest BCUT2D eigenvalue weighted by Gasteiger charge is 2.15. The molecular formula is C22H24N4O3S. The van der Waals surface area contributed by atoms with E-state index in [1.807, 2.05) is 41.7 Å². The van der Waals surface area contributed by atoms with Crippen LogP contribution in [-0.4, -0.2) is 27.2 Å². The summed E-state index contributed by atoms with van der Waals surface area (Å²) in [5.74, 6) is 0.306. The number of hydrogen-bond donors (Lipinski definition) is 2. The fraction of sp³-hybridized carbons (Fsp3) is 0.273. The fourth-order valence-corrected chi connectivity index (χ4v) is 4.01. The van der Waals surface area contributed by atoms with E-state index in [2.05, 4.69) is 18.8 Å². The highest BCUT2D eigenvalue weighted by atomic mass is 32.2. The summed E-state index contributed by atoms with van der Waals surface area (Å²) >= 11 is 1.28. The normalized spacial score (nSPS) is 11.9. The van der Waals surface area contributed by atoms with Crippen molar-refractivity contribution >= 4 is 34.6 Å². The smallest absolute Gasteiger partial charge is 0.318 e. The highest BCUT2D eigenvalue weighted by molar-refractivity contribution is 7.99. The monoisotopic (exact) mass is 424 g/mol. The van der Waals surface area contributed by atoms with Gasteiger partial charge < -0.3 is 5.73 Å². The molecule has 8 heteroatoms. The van der Waals surface area contributed by atoms with Crippen LogP contribution in [0.25, 0.3) is 16.6 Å². The summed E-state index contributed by atoms with van der Waals surface area (Å²) in [6, 6.07) is 14.2. The van der Waals surface area contributed by atoms with Crippen LogP contribution in [0.3, 0.4) is 0 Å². The molecular weight excluding hydrogens is 400 g/mol. The lowest BCUT2D eigenvalue weighted by molar-refractivity contribution is -0.119. The number of carbonyl (C=O) groups is 2. The summed E-state index contributed by atoms with van der Waals surface area (Å²) in [5.41, 5.74) is 7.32. The minimum atomic E-state index is -0.882. The van der Waals surface area contributed by atoms with Gasteiger partial charge in [-0.15, -0.1) is 0 Å². The summed E-state index contributed by atoms with van der Waals surface area (Å²) in [6.45, 7) is 4.30. The molecule has 7 nitrogen and oxygen atoms in total. The van der Waals surface area contributed by atoms with Gasteiger partial charge in [0.1, 0.15) is 0 Å². The van der Waals surface area contributed by atoms with E-state index in [4.69, 9.17) is 5.73 Å². The number of urea groups is 1. The van der Waals surface area contributed by atoms with Crippen molar-refractivity contribution in [1.29, 1.82) is 0 Å². The number of nitrogens with two attached hydrogens (primary N) is 1. The average Bonchev–Trinajstić information content (AvgIpc) is 2.73. The Balaban J connectivity index is 1.97. The second kappa shape index (κ2) is 9.58. The number of rotatable bonds is 7. The van der Waals surface area contributed by atoms with Crippen LogP contribution in [-0.2, 0) is 4.79 Å². The van der Waals surface area contributed by atoms with Crippen molar-refractivity contribution < 1.29 is 9.59 Å². The molecule has 0 bridgehead atoms. The van der Waals surface area contributed by atoms with E-state index in [0.29, 0.717) is 27.7 Å². The average molecular weight is 425 g/mol. The van der Waals surface area contributed by atoms with Gasteiger partial charge >= 0.3 is 6.03 Å². The number of benzene rings is 2. The first-order chi connectivity index (χ1) is 14.4. The van der Waals surface area contributed by atoms with Gasteiger partial charge in [-0.2, -0.15) is 0 Å². The maximum absolute atomic E-state index is 13.2. The van der Waals surface area contributed by atoms with Crippen LogP contribution in [0.2, 0.25) is 0 Å². The number of nitrogens with one attached hydrogen (secondary N) is 1. The Hall–Kier alpha value is -3.13. The molecule has 3 aromatic rings. The Bertz CT molecular complexity index is 1130. The number of thioether (sulfide) groups is 1. The number of fused-ring (bicyclic) bond motifs is 1. The van der Waals surface area contributed by atoms with Crippen LogP contribution in [0.15, 0.2) is 58.5 Å². The molecule has 1 aromatic heterocycles. The van der Waals surface area contributed by atoms with Gasteiger partial charge in [0.2, 0.25) is 5.91 Å². The first-order valence-electron chi connectivity index (χ1n) is 9.75. The maximum Gasteiger partial charge on any atom is 0.318 e. The largest absolute Gasteiger partial charge is 0.351 e. The van der Waals surface area contributed by atoms with Gasteiger partial charge in [0, 0.05) is 12.2 Å². The molecule has 1 unspecified atom stereocenters. The fourth-order valence-electron chi connectivity index (χ4n) is 3.06. The number of nitrogens with zero attached hydrogens (tertiary/aromatic N) is 2. The van der Waals surface area contributed by atoms with Gasteiger partial charge in [-0.05, 0) is 42.2 Å². The molecule has 30 heavy (non-hydrogen) atoms. The number of amides is 3. The predicted octanol–water partition coefficient (Wildman–Crippen LogP) is 3.58. The molecule has 3 amide bonds. The summed E-state index contributed by atoms with van der Waals surface area (Å²) in [7, 11) is 0. The molecule has 0 saturated carbocycles. The quantitative estimate of drug-likeness (QED) is 0.445. The Morgan fingerprint density at radius 3 is 2.53 bits per heavy atom. The Morgan fingerprint density at radius 1 is 1.17 bits per heavy atom. The third-order valence-electron chi connectivity index (χ3n) is 4.90.